The van der Waals surface area contributed by atoms with Gasteiger partial charge in [0.05, 0.1) is 12.1 Å². The second kappa shape index (κ2) is 6.33. The summed E-state index contributed by atoms with van der Waals surface area (Å²) in [7, 11) is 0. The van der Waals surface area contributed by atoms with Gasteiger partial charge in [0.15, 0.2) is 0 Å². The van der Waals surface area contributed by atoms with Crippen LogP contribution in [0.5, 0.6) is 0 Å². The monoisotopic (exact) mass is 264 g/mol. The number of carbonyl (C=O) groups is 2. The van der Waals surface area contributed by atoms with Gasteiger partial charge in [-0.1, -0.05) is 25.1 Å². The number of aryl methyl sites for hydroxylation is 1. The Balaban J connectivity index is 2.72. The number of benzene rings is 1. The van der Waals surface area contributed by atoms with Crippen molar-refractivity contribution in [2.45, 2.75) is 32.7 Å². The normalized spacial score (nSPS) is 10.9. The Morgan fingerprint density at radius 2 is 1.84 bits per heavy atom. The first-order chi connectivity index (χ1) is 8.89. The zero-order valence-corrected chi connectivity index (χ0v) is 11.5. The topological polar surface area (TPSA) is 78.4 Å². The largest absolute Gasteiger partial charge is 0.394 e. The van der Waals surface area contributed by atoms with Gasteiger partial charge in [-0.15, -0.1) is 0 Å². The Bertz CT molecular complexity index is 470. The number of hydrogen-bond acceptors (Lipinski definition) is 3. The molecule has 0 saturated heterocycles. The van der Waals surface area contributed by atoms with Crippen LogP contribution in [0.2, 0.25) is 0 Å². The van der Waals surface area contributed by atoms with Crippen molar-refractivity contribution >= 4 is 17.5 Å². The SMILES string of the molecule is CCc1ccccc1NC(=O)C(=O)NC(C)(C)CO. The number of hydrogen-bond donors (Lipinski definition) is 3. The van der Waals surface area contributed by atoms with Gasteiger partial charge in [0.2, 0.25) is 0 Å². The summed E-state index contributed by atoms with van der Waals surface area (Å²) in [5, 5.41) is 14.1. The highest BCUT2D eigenvalue weighted by molar-refractivity contribution is 6.39. The van der Waals surface area contributed by atoms with E-state index in [0.29, 0.717) is 5.69 Å². The summed E-state index contributed by atoms with van der Waals surface area (Å²) in [6.07, 6.45) is 0.764. The first-order valence-corrected chi connectivity index (χ1v) is 6.22. The fourth-order valence-electron chi connectivity index (χ4n) is 1.53. The molecule has 0 spiro atoms. The Kier molecular flexibility index (Phi) is 5.06. The first kappa shape index (κ1) is 15.2. The number of amides is 2. The van der Waals surface area contributed by atoms with E-state index in [2.05, 4.69) is 10.6 Å². The summed E-state index contributed by atoms with van der Waals surface area (Å²) < 4.78 is 0. The minimum atomic E-state index is -0.821. The second-order valence-corrected chi connectivity index (χ2v) is 4.96. The maximum atomic E-state index is 11.8. The molecular formula is C14H20N2O3. The number of aliphatic hydroxyl groups is 1. The van der Waals surface area contributed by atoms with E-state index in [9.17, 15) is 9.59 Å². The van der Waals surface area contributed by atoms with Crippen LogP contribution in [-0.4, -0.2) is 29.1 Å². The molecule has 0 radical (unpaired) electrons. The average molecular weight is 264 g/mol. The third-order valence-corrected chi connectivity index (χ3v) is 2.70. The van der Waals surface area contributed by atoms with Crippen LogP contribution in [-0.2, 0) is 16.0 Å². The quantitative estimate of drug-likeness (QED) is 0.712. The molecule has 0 aromatic heterocycles. The molecule has 5 heteroatoms. The van der Waals surface area contributed by atoms with Crippen molar-refractivity contribution in [1.82, 2.24) is 5.32 Å². The standard InChI is InChI=1S/C14H20N2O3/c1-4-10-7-5-6-8-11(10)15-12(18)13(19)16-14(2,3)9-17/h5-8,17H,4,9H2,1-3H3,(H,15,18)(H,16,19). The minimum Gasteiger partial charge on any atom is -0.394 e. The van der Waals surface area contributed by atoms with Gasteiger partial charge in [-0.2, -0.15) is 0 Å². The molecule has 0 atom stereocenters. The van der Waals surface area contributed by atoms with E-state index in [1.54, 1.807) is 26.0 Å². The van der Waals surface area contributed by atoms with E-state index in [4.69, 9.17) is 5.11 Å². The Hall–Kier alpha value is -1.88. The van der Waals surface area contributed by atoms with Crippen LogP contribution in [0.4, 0.5) is 5.69 Å². The molecule has 0 saturated carbocycles. The number of carbonyl (C=O) groups excluding carboxylic acids is 2. The number of para-hydroxylation sites is 1. The van der Waals surface area contributed by atoms with E-state index >= 15 is 0 Å². The van der Waals surface area contributed by atoms with Crippen LogP contribution in [0.25, 0.3) is 0 Å². The lowest BCUT2D eigenvalue weighted by molar-refractivity contribution is -0.137. The summed E-state index contributed by atoms with van der Waals surface area (Å²) in [5.74, 6) is -1.49. The molecule has 0 unspecified atom stereocenters. The number of nitrogens with one attached hydrogen (secondary N) is 2. The molecule has 0 fully saturated rings. The van der Waals surface area contributed by atoms with Gasteiger partial charge in [-0.05, 0) is 31.9 Å². The summed E-state index contributed by atoms with van der Waals surface area (Å²) in [4.78, 5) is 23.5. The third kappa shape index (κ3) is 4.37. The van der Waals surface area contributed by atoms with Gasteiger partial charge < -0.3 is 15.7 Å². The zero-order chi connectivity index (χ0) is 14.5. The lowest BCUT2D eigenvalue weighted by Crippen LogP contribution is -2.50. The van der Waals surface area contributed by atoms with Crippen LogP contribution in [0.1, 0.15) is 26.3 Å². The van der Waals surface area contributed by atoms with E-state index in [0.717, 1.165) is 12.0 Å². The maximum absolute atomic E-state index is 11.8. The van der Waals surface area contributed by atoms with Gasteiger partial charge in [0.1, 0.15) is 0 Å². The van der Waals surface area contributed by atoms with E-state index < -0.39 is 17.4 Å². The molecule has 104 valence electrons. The highest BCUT2D eigenvalue weighted by atomic mass is 16.3. The first-order valence-electron chi connectivity index (χ1n) is 6.22. The Labute approximate surface area is 113 Å². The number of aliphatic hydroxyl groups excluding tert-OH is 1. The van der Waals surface area contributed by atoms with Crippen molar-refractivity contribution in [2.75, 3.05) is 11.9 Å². The molecule has 1 aromatic rings. The fraction of sp³-hybridized carbons (Fsp3) is 0.429. The summed E-state index contributed by atoms with van der Waals surface area (Å²) in [5.41, 5.74) is 0.774. The predicted octanol–water partition coefficient (Wildman–Crippen LogP) is 1.07. The third-order valence-electron chi connectivity index (χ3n) is 2.70. The van der Waals surface area contributed by atoms with Gasteiger partial charge in [-0.25, -0.2) is 0 Å². The molecule has 3 N–H and O–H groups in total. The molecule has 1 rings (SSSR count). The van der Waals surface area contributed by atoms with Crippen molar-refractivity contribution < 1.29 is 14.7 Å². The highest BCUT2D eigenvalue weighted by Crippen LogP contribution is 2.15. The van der Waals surface area contributed by atoms with Crippen LogP contribution in [0.15, 0.2) is 24.3 Å². The molecule has 0 aliphatic rings. The molecule has 0 heterocycles. The maximum Gasteiger partial charge on any atom is 0.313 e. The fourth-order valence-corrected chi connectivity index (χ4v) is 1.53. The zero-order valence-electron chi connectivity index (χ0n) is 11.5. The van der Waals surface area contributed by atoms with Gasteiger partial charge in [0, 0.05) is 5.69 Å². The smallest absolute Gasteiger partial charge is 0.313 e. The molecule has 0 bridgehead atoms. The van der Waals surface area contributed by atoms with Crippen LogP contribution in [0.3, 0.4) is 0 Å². The molecule has 5 nitrogen and oxygen atoms in total. The lowest BCUT2D eigenvalue weighted by Gasteiger charge is -2.23. The molecule has 2 amide bonds. The summed E-state index contributed by atoms with van der Waals surface area (Å²) in [6.45, 7) is 5.01. The van der Waals surface area contributed by atoms with E-state index in [-0.39, 0.29) is 6.61 Å². The molecule has 19 heavy (non-hydrogen) atoms. The number of anilines is 1. The van der Waals surface area contributed by atoms with Crippen LogP contribution < -0.4 is 10.6 Å². The number of rotatable bonds is 4. The minimum absolute atomic E-state index is 0.239. The summed E-state index contributed by atoms with van der Waals surface area (Å²) >= 11 is 0. The van der Waals surface area contributed by atoms with E-state index in [1.165, 1.54) is 0 Å². The summed E-state index contributed by atoms with van der Waals surface area (Å²) in [6, 6.07) is 7.32. The molecular weight excluding hydrogens is 244 g/mol. The highest BCUT2D eigenvalue weighted by Gasteiger charge is 2.23. The van der Waals surface area contributed by atoms with Gasteiger partial charge in [0.25, 0.3) is 0 Å². The Morgan fingerprint density at radius 1 is 1.21 bits per heavy atom. The van der Waals surface area contributed by atoms with Gasteiger partial charge in [-0.3, -0.25) is 9.59 Å². The van der Waals surface area contributed by atoms with Crippen LogP contribution >= 0.6 is 0 Å². The van der Waals surface area contributed by atoms with Crippen molar-refractivity contribution in [3.05, 3.63) is 29.8 Å². The lowest BCUT2D eigenvalue weighted by atomic mass is 10.1. The van der Waals surface area contributed by atoms with Crippen molar-refractivity contribution in [1.29, 1.82) is 0 Å². The molecule has 0 aliphatic carbocycles. The van der Waals surface area contributed by atoms with E-state index in [1.807, 2.05) is 19.1 Å². The second-order valence-electron chi connectivity index (χ2n) is 4.96. The van der Waals surface area contributed by atoms with Crippen LogP contribution in [0, 0.1) is 0 Å². The van der Waals surface area contributed by atoms with Crippen molar-refractivity contribution in [3.63, 3.8) is 0 Å². The Morgan fingerprint density at radius 3 is 2.42 bits per heavy atom. The molecule has 0 aliphatic heterocycles. The van der Waals surface area contributed by atoms with Gasteiger partial charge >= 0.3 is 11.8 Å². The van der Waals surface area contributed by atoms with Crippen molar-refractivity contribution in [3.8, 4) is 0 Å². The average Bonchev–Trinajstić information content (AvgIpc) is 2.38. The molecule has 1 aromatic carbocycles. The van der Waals surface area contributed by atoms with Crippen molar-refractivity contribution in [2.24, 2.45) is 0 Å². The predicted molar refractivity (Wildman–Crippen MR) is 73.8 cm³/mol.